The minimum atomic E-state index is 0.248. The van der Waals surface area contributed by atoms with E-state index in [1.165, 1.54) is 12.8 Å². The largest absolute Gasteiger partial charge is 0.465 e. The molecule has 0 saturated carbocycles. The maximum absolute atomic E-state index is 5.67. The van der Waals surface area contributed by atoms with E-state index in [1.54, 1.807) is 0 Å². The van der Waals surface area contributed by atoms with Gasteiger partial charge in [0.1, 0.15) is 11.5 Å². The van der Waals surface area contributed by atoms with Crippen molar-refractivity contribution in [2.45, 2.75) is 45.7 Å². The standard InChI is InChI=1S/C14H24N2O/c1-4-14(3)11-16(9-5-8-15-14)10-13-7-6-12(2)17-13/h6-7,15H,4-5,8-11H2,1-3H3. The molecule has 3 heteroatoms. The Bertz CT molecular complexity index is 361. The molecule has 0 bridgehead atoms. The number of rotatable bonds is 3. The van der Waals surface area contributed by atoms with Crippen LogP contribution < -0.4 is 5.32 Å². The van der Waals surface area contributed by atoms with Crippen LogP contribution in [0.1, 0.15) is 38.2 Å². The van der Waals surface area contributed by atoms with Crippen LogP contribution in [0.4, 0.5) is 0 Å². The second-order valence-corrected chi connectivity index (χ2v) is 5.42. The zero-order valence-electron chi connectivity index (χ0n) is 11.3. The lowest BCUT2D eigenvalue weighted by atomic mass is 9.98. The Morgan fingerprint density at radius 3 is 2.94 bits per heavy atom. The minimum Gasteiger partial charge on any atom is -0.465 e. The fraction of sp³-hybridized carbons (Fsp3) is 0.714. The number of furan rings is 1. The van der Waals surface area contributed by atoms with Gasteiger partial charge in [-0.1, -0.05) is 6.92 Å². The van der Waals surface area contributed by atoms with Gasteiger partial charge in [-0.25, -0.2) is 0 Å². The summed E-state index contributed by atoms with van der Waals surface area (Å²) < 4.78 is 5.67. The lowest BCUT2D eigenvalue weighted by molar-refractivity contribution is 0.195. The highest BCUT2D eigenvalue weighted by Crippen LogP contribution is 2.18. The Kier molecular flexibility index (Phi) is 3.89. The van der Waals surface area contributed by atoms with E-state index >= 15 is 0 Å². The molecule has 1 saturated heterocycles. The summed E-state index contributed by atoms with van der Waals surface area (Å²) in [7, 11) is 0. The molecule has 0 aliphatic carbocycles. The van der Waals surface area contributed by atoms with Gasteiger partial charge in [-0.3, -0.25) is 4.90 Å². The van der Waals surface area contributed by atoms with Crippen molar-refractivity contribution in [3.63, 3.8) is 0 Å². The summed E-state index contributed by atoms with van der Waals surface area (Å²) in [6.07, 6.45) is 2.38. The molecule has 3 nitrogen and oxygen atoms in total. The highest BCUT2D eigenvalue weighted by molar-refractivity contribution is 5.05. The number of hydrogen-bond donors (Lipinski definition) is 1. The first-order chi connectivity index (χ1) is 8.11. The smallest absolute Gasteiger partial charge is 0.118 e. The summed E-state index contributed by atoms with van der Waals surface area (Å²) in [5, 5.41) is 3.66. The van der Waals surface area contributed by atoms with Crippen molar-refractivity contribution >= 4 is 0 Å². The summed E-state index contributed by atoms with van der Waals surface area (Å²) in [5.41, 5.74) is 0.248. The monoisotopic (exact) mass is 236 g/mol. The van der Waals surface area contributed by atoms with Gasteiger partial charge in [0.15, 0.2) is 0 Å². The first kappa shape index (κ1) is 12.7. The Morgan fingerprint density at radius 2 is 2.29 bits per heavy atom. The van der Waals surface area contributed by atoms with E-state index in [2.05, 4.69) is 30.1 Å². The van der Waals surface area contributed by atoms with Crippen LogP contribution in [0.15, 0.2) is 16.5 Å². The van der Waals surface area contributed by atoms with Crippen molar-refractivity contribution in [3.05, 3.63) is 23.7 Å². The van der Waals surface area contributed by atoms with Crippen LogP contribution in [-0.4, -0.2) is 30.1 Å². The van der Waals surface area contributed by atoms with Crippen LogP contribution >= 0.6 is 0 Å². The van der Waals surface area contributed by atoms with Crippen LogP contribution in [0.3, 0.4) is 0 Å². The Hall–Kier alpha value is -0.800. The van der Waals surface area contributed by atoms with Gasteiger partial charge < -0.3 is 9.73 Å². The zero-order chi connectivity index (χ0) is 12.3. The number of hydrogen-bond acceptors (Lipinski definition) is 3. The molecule has 1 aliphatic rings. The molecule has 0 aromatic carbocycles. The highest BCUT2D eigenvalue weighted by Gasteiger charge is 2.27. The van der Waals surface area contributed by atoms with Gasteiger partial charge in [-0.2, -0.15) is 0 Å². The van der Waals surface area contributed by atoms with Crippen molar-refractivity contribution in [3.8, 4) is 0 Å². The van der Waals surface area contributed by atoms with Crippen LogP contribution in [0.25, 0.3) is 0 Å². The van der Waals surface area contributed by atoms with E-state index in [4.69, 9.17) is 4.42 Å². The van der Waals surface area contributed by atoms with Gasteiger partial charge in [0, 0.05) is 12.1 Å². The molecule has 1 fully saturated rings. The van der Waals surface area contributed by atoms with Crippen LogP contribution in [-0.2, 0) is 6.54 Å². The molecule has 1 unspecified atom stereocenters. The van der Waals surface area contributed by atoms with Crippen molar-refractivity contribution in [2.75, 3.05) is 19.6 Å². The molecule has 1 aromatic heterocycles. The fourth-order valence-electron chi connectivity index (χ4n) is 2.48. The third-order valence-electron chi connectivity index (χ3n) is 3.73. The van der Waals surface area contributed by atoms with Crippen molar-refractivity contribution in [1.82, 2.24) is 10.2 Å². The molecule has 0 radical (unpaired) electrons. The quantitative estimate of drug-likeness (QED) is 0.874. The van der Waals surface area contributed by atoms with E-state index in [9.17, 15) is 0 Å². The predicted octanol–water partition coefficient (Wildman–Crippen LogP) is 2.55. The van der Waals surface area contributed by atoms with E-state index in [-0.39, 0.29) is 5.54 Å². The van der Waals surface area contributed by atoms with Crippen molar-refractivity contribution < 1.29 is 4.42 Å². The maximum Gasteiger partial charge on any atom is 0.118 e. The zero-order valence-corrected chi connectivity index (χ0v) is 11.3. The average Bonchev–Trinajstić information content (AvgIpc) is 2.59. The fourth-order valence-corrected chi connectivity index (χ4v) is 2.48. The van der Waals surface area contributed by atoms with Crippen LogP contribution in [0.2, 0.25) is 0 Å². The third-order valence-corrected chi connectivity index (χ3v) is 3.73. The molecule has 1 atom stereocenters. The van der Waals surface area contributed by atoms with Gasteiger partial charge in [0.25, 0.3) is 0 Å². The normalized spacial score (nSPS) is 27.0. The van der Waals surface area contributed by atoms with Crippen LogP contribution in [0, 0.1) is 6.92 Å². The Balaban J connectivity index is 1.99. The van der Waals surface area contributed by atoms with E-state index < -0.39 is 0 Å². The Labute approximate surface area is 104 Å². The average molecular weight is 236 g/mol. The number of aryl methyl sites for hydroxylation is 1. The summed E-state index contributed by atoms with van der Waals surface area (Å²) in [6.45, 7) is 10.9. The summed E-state index contributed by atoms with van der Waals surface area (Å²) in [6, 6.07) is 4.14. The van der Waals surface area contributed by atoms with Crippen molar-refractivity contribution in [1.29, 1.82) is 0 Å². The molecule has 96 valence electrons. The van der Waals surface area contributed by atoms with Gasteiger partial charge >= 0.3 is 0 Å². The first-order valence-corrected chi connectivity index (χ1v) is 6.64. The first-order valence-electron chi connectivity index (χ1n) is 6.64. The Morgan fingerprint density at radius 1 is 1.47 bits per heavy atom. The molecule has 2 rings (SSSR count). The molecular formula is C14H24N2O. The van der Waals surface area contributed by atoms with Gasteiger partial charge in [-0.05, 0) is 51.9 Å². The van der Waals surface area contributed by atoms with E-state index in [0.29, 0.717) is 0 Å². The lowest BCUT2D eigenvalue weighted by Crippen LogP contribution is -2.48. The van der Waals surface area contributed by atoms with Gasteiger partial charge in [0.05, 0.1) is 6.54 Å². The molecule has 17 heavy (non-hydrogen) atoms. The summed E-state index contributed by atoms with van der Waals surface area (Å²) in [5.74, 6) is 2.09. The lowest BCUT2D eigenvalue weighted by Gasteiger charge is -2.32. The van der Waals surface area contributed by atoms with Gasteiger partial charge in [-0.15, -0.1) is 0 Å². The predicted molar refractivity (Wildman–Crippen MR) is 70.0 cm³/mol. The summed E-state index contributed by atoms with van der Waals surface area (Å²) in [4.78, 5) is 2.50. The number of nitrogens with one attached hydrogen (secondary N) is 1. The second kappa shape index (κ2) is 5.23. The van der Waals surface area contributed by atoms with Crippen molar-refractivity contribution in [2.24, 2.45) is 0 Å². The molecule has 0 spiro atoms. The summed E-state index contributed by atoms with van der Waals surface area (Å²) >= 11 is 0. The molecule has 1 aliphatic heterocycles. The molecule has 2 heterocycles. The van der Waals surface area contributed by atoms with Crippen LogP contribution in [0.5, 0.6) is 0 Å². The molecule has 0 amide bonds. The number of nitrogens with zero attached hydrogens (tertiary/aromatic N) is 1. The third kappa shape index (κ3) is 3.33. The minimum absolute atomic E-state index is 0.248. The highest BCUT2D eigenvalue weighted by atomic mass is 16.3. The molecule has 1 N–H and O–H groups in total. The van der Waals surface area contributed by atoms with E-state index in [0.717, 1.165) is 37.7 Å². The maximum atomic E-state index is 5.67. The second-order valence-electron chi connectivity index (χ2n) is 5.42. The van der Waals surface area contributed by atoms with Gasteiger partial charge in [0.2, 0.25) is 0 Å². The molecular weight excluding hydrogens is 212 g/mol. The molecule has 1 aromatic rings. The SMILES string of the molecule is CCC1(C)CN(Cc2ccc(C)o2)CCCN1. The topological polar surface area (TPSA) is 28.4 Å². The van der Waals surface area contributed by atoms with E-state index in [1.807, 2.05) is 13.0 Å².